The standard InChI is InChI=1S/C27H23NO2/c1-2-30-26(29)27(25-13-7-8-16-28-25)18-21(27)14-15-24-22-11-5-3-9-19(22)17-20-10-4-6-12-23(20)24/h3-17,21H,2,18H2,1H3/b15-14+. The summed E-state index contributed by atoms with van der Waals surface area (Å²) in [5.41, 5.74) is 1.31. The van der Waals surface area contributed by atoms with Crippen molar-refractivity contribution in [3.05, 3.63) is 96.3 Å². The molecule has 1 heterocycles. The highest BCUT2D eigenvalue weighted by atomic mass is 16.5. The van der Waals surface area contributed by atoms with Crippen molar-refractivity contribution < 1.29 is 9.53 Å². The van der Waals surface area contributed by atoms with Crippen molar-refractivity contribution in [1.82, 2.24) is 4.98 Å². The van der Waals surface area contributed by atoms with Crippen LogP contribution in [0, 0.1) is 5.92 Å². The van der Waals surface area contributed by atoms with Crippen LogP contribution < -0.4 is 0 Å². The van der Waals surface area contributed by atoms with Gasteiger partial charge in [-0.2, -0.15) is 0 Å². The zero-order chi connectivity index (χ0) is 20.6. The third kappa shape index (κ3) is 2.98. The van der Waals surface area contributed by atoms with Crippen LogP contribution in [0.2, 0.25) is 0 Å². The summed E-state index contributed by atoms with van der Waals surface area (Å²) >= 11 is 0. The maximum atomic E-state index is 12.9. The Balaban J connectivity index is 1.58. The number of hydrogen-bond donors (Lipinski definition) is 0. The van der Waals surface area contributed by atoms with Crippen molar-refractivity contribution in [3.63, 3.8) is 0 Å². The summed E-state index contributed by atoms with van der Waals surface area (Å²) in [6, 6.07) is 24.9. The van der Waals surface area contributed by atoms with Gasteiger partial charge in [-0.1, -0.05) is 66.7 Å². The second kappa shape index (κ2) is 7.42. The van der Waals surface area contributed by atoms with Crippen molar-refractivity contribution in [1.29, 1.82) is 0 Å². The monoisotopic (exact) mass is 393 g/mol. The Hall–Kier alpha value is -3.46. The van der Waals surface area contributed by atoms with Crippen LogP contribution in [0.5, 0.6) is 0 Å². The zero-order valence-corrected chi connectivity index (χ0v) is 16.9. The smallest absolute Gasteiger partial charge is 0.318 e. The van der Waals surface area contributed by atoms with E-state index < -0.39 is 5.41 Å². The topological polar surface area (TPSA) is 39.2 Å². The van der Waals surface area contributed by atoms with Crippen molar-refractivity contribution in [2.24, 2.45) is 5.92 Å². The summed E-state index contributed by atoms with van der Waals surface area (Å²) in [6.07, 6.45) is 6.81. The summed E-state index contributed by atoms with van der Waals surface area (Å²) in [5.74, 6) is -0.106. The maximum absolute atomic E-state index is 12.9. The Morgan fingerprint density at radius 2 is 1.70 bits per heavy atom. The molecule has 5 rings (SSSR count). The molecule has 148 valence electrons. The molecule has 3 aromatic carbocycles. The molecule has 0 aliphatic heterocycles. The second-order valence-corrected chi connectivity index (χ2v) is 7.81. The molecule has 0 N–H and O–H groups in total. The quantitative estimate of drug-likeness (QED) is 0.312. The van der Waals surface area contributed by atoms with Crippen LogP contribution in [0.25, 0.3) is 27.6 Å². The number of ether oxygens (including phenoxy) is 1. The summed E-state index contributed by atoms with van der Waals surface area (Å²) < 4.78 is 5.43. The molecular weight excluding hydrogens is 370 g/mol. The first-order valence-electron chi connectivity index (χ1n) is 10.4. The molecule has 2 atom stereocenters. The van der Waals surface area contributed by atoms with E-state index in [1.54, 1.807) is 6.20 Å². The van der Waals surface area contributed by atoms with E-state index in [1.807, 2.05) is 25.1 Å². The molecule has 1 saturated carbocycles. The van der Waals surface area contributed by atoms with E-state index in [4.69, 9.17) is 4.74 Å². The summed E-state index contributed by atoms with van der Waals surface area (Å²) in [4.78, 5) is 17.4. The molecule has 4 aromatic rings. The third-order valence-corrected chi connectivity index (χ3v) is 6.08. The van der Waals surface area contributed by atoms with Crippen LogP contribution in [-0.4, -0.2) is 17.6 Å². The molecule has 1 aliphatic rings. The lowest BCUT2D eigenvalue weighted by Crippen LogP contribution is -2.26. The first-order valence-corrected chi connectivity index (χ1v) is 10.4. The number of allylic oxidation sites excluding steroid dienone is 1. The number of pyridine rings is 1. The highest BCUT2D eigenvalue weighted by Gasteiger charge is 2.62. The van der Waals surface area contributed by atoms with Crippen molar-refractivity contribution in [2.45, 2.75) is 18.8 Å². The van der Waals surface area contributed by atoms with E-state index in [0.717, 1.165) is 12.1 Å². The Kier molecular flexibility index (Phi) is 4.59. The molecule has 30 heavy (non-hydrogen) atoms. The number of fused-ring (bicyclic) bond motifs is 2. The first-order chi connectivity index (χ1) is 14.7. The zero-order valence-electron chi connectivity index (χ0n) is 16.9. The van der Waals surface area contributed by atoms with E-state index in [2.05, 4.69) is 71.7 Å². The minimum Gasteiger partial charge on any atom is -0.465 e. The molecule has 0 bridgehead atoms. The Labute approximate surface area is 176 Å². The molecule has 1 aromatic heterocycles. The number of nitrogens with zero attached hydrogens (tertiary/aromatic N) is 1. The Morgan fingerprint density at radius 1 is 1.03 bits per heavy atom. The molecule has 1 aliphatic carbocycles. The van der Waals surface area contributed by atoms with Gasteiger partial charge in [0.1, 0.15) is 5.41 Å². The maximum Gasteiger partial charge on any atom is 0.318 e. The average Bonchev–Trinajstić information content (AvgIpc) is 3.53. The molecule has 3 heteroatoms. The molecule has 0 saturated heterocycles. The number of rotatable bonds is 5. The van der Waals surface area contributed by atoms with Gasteiger partial charge in [0.15, 0.2) is 0 Å². The van der Waals surface area contributed by atoms with Gasteiger partial charge in [0, 0.05) is 12.1 Å². The van der Waals surface area contributed by atoms with E-state index in [1.165, 1.54) is 27.1 Å². The number of hydrogen-bond acceptors (Lipinski definition) is 3. The van der Waals surface area contributed by atoms with Gasteiger partial charge in [-0.15, -0.1) is 0 Å². The van der Waals surface area contributed by atoms with Gasteiger partial charge in [0.2, 0.25) is 0 Å². The second-order valence-electron chi connectivity index (χ2n) is 7.81. The summed E-state index contributed by atoms with van der Waals surface area (Å²) in [6.45, 7) is 2.22. The lowest BCUT2D eigenvalue weighted by atomic mass is 9.94. The van der Waals surface area contributed by atoms with Gasteiger partial charge in [0.05, 0.1) is 12.3 Å². The largest absolute Gasteiger partial charge is 0.465 e. The summed E-state index contributed by atoms with van der Waals surface area (Å²) in [5, 5.41) is 4.86. The van der Waals surface area contributed by atoms with E-state index in [9.17, 15) is 4.79 Å². The van der Waals surface area contributed by atoms with Gasteiger partial charge >= 0.3 is 5.97 Å². The molecule has 0 radical (unpaired) electrons. The van der Waals surface area contributed by atoms with Crippen LogP contribution in [0.15, 0.2) is 85.1 Å². The number of carbonyl (C=O) groups excluding carboxylic acids is 1. The SMILES string of the molecule is CCOC(=O)C1(c2ccccn2)CC1/C=C/c1c2ccccc2cc2ccccc12. The normalized spacial score (nSPS) is 20.6. The molecule has 3 nitrogen and oxygen atoms in total. The highest BCUT2D eigenvalue weighted by Crippen LogP contribution is 2.55. The molecule has 0 amide bonds. The fourth-order valence-corrected chi connectivity index (χ4v) is 4.48. The fraction of sp³-hybridized carbons (Fsp3) is 0.185. The summed E-state index contributed by atoms with van der Waals surface area (Å²) in [7, 11) is 0. The van der Waals surface area contributed by atoms with Gasteiger partial charge in [-0.25, -0.2) is 0 Å². The Bertz CT molecular complexity index is 1210. The van der Waals surface area contributed by atoms with Crippen molar-refractivity contribution >= 4 is 33.6 Å². The number of aromatic nitrogens is 1. The van der Waals surface area contributed by atoms with Gasteiger partial charge in [-0.3, -0.25) is 9.78 Å². The minimum absolute atomic E-state index is 0.0733. The van der Waals surface area contributed by atoms with Gasteiger partial charge in [-0.05, 0) is 58.7 Å². The van der Waals surface area contributed by atoms with E-state index in [0.29, 0.717) is 6.61 Å². The molecule has 0 spiro atoms. The highest BCUT2D eigenvalue weighted by molar-refractivity contribution is 6.06. The Morgan fingerprint density at radius 3 is 2.33 bits per heavy atom. The fourth-order valence-electron chi connectivity index (χ4n) is 4.48. The molecule has 1 fully saturated rings. The van der Waals surface area contributed by atoms with Crippen LogP contribution in [0.3, 0.4) is 0 Å². The third-order valence-electron chi connectivity index (χ3n) is 6.08. The van der Waals surface area contributed by atoms with Crippen LogP contribution in [0.4, 0.5) is 0 Å². The predicted octanol–water partition coefficient (Wildman–Crippen LogP) is 5.92. The average molecular weight is 393 g/mol. The molecular formula is C27H23NO2. The molecule has 2 unspecified atom stereocenters. The number of carbonyl (C=O) groups is 1. The van der Waals surface area contributed by atoms with E-state index >= 15 is 0 Å². The first kappa shape index (κ1) is 18.6. The van der Waals surface area contributed by atoms with E-state index in [-0.39, 0.29) is 11.9 Å². The van der Waals surface area contributed by atoms with Gasteiger partial charge in [0.25, 0.3) is 0 Å². The van der Waals surface area contributed by atoms with Crippen molar-refractivity contribution in [3.8, 4) is 0 Å². The lowest BCUT2D eigenvalue weighted by molar-refractivity contribution is -0.146. The van der Waals surface area contributed by atoms with Crippen LogP contribution in [-0.2, 0) is 14.9 Å². The van der Waals surface area contributed by atoms with Crippen LogP contribution >= 0.6 is 0 Å². The van der Waals surface area contributed by atoms with Crippen LogP contribution in [0.1, 0.15) is 24.6 Å². The predicted molar refractivity (Wildman–Crippen MR) is 121 cm³/mol. The number of benzene rings is 3. The number of esters is 1. The van der Waals surface area contributed by atoms with Gasteiger partial charge < -0.3 is 4.74 Å². The lowest BCUT2D eigenvalue weighted by Gasteiger charge is -2.14. The van der Waals surface area contributed by atoms with Crippen molar-refractivity contribution in [2.75, 3.05) is 6.61 Å². The minimum atomic E-state index is -0.672.